The number of rotatable bonds is 2. The number of hydrogen-bond acceptors (Lipinski definition) is 1. The highest BCUT2D eigenvalue weighted by Crippen LogP contribution is 2.16. The summed E-state index contributed by atoms with van der Waals surface area (Å²) in [7, 11) is 0. The maximum Gasteiger partial charge on any atom is 0.139 e. The molecule has 0 amide bonds. The molecule has 0 fully saturated rings. The number of alkyl halides is 1. The van der Waals surface area contributed by atoms with Crippen LogP contribution in [-0.2, 0) is 6.42 Å². The molecule has 0 aliphatic heterocycles. The van der Waals surface area contributed by atoms with Crippen LogP contribution >= 0.6 is 11.6 Å². The van der Waals surface area contributed by atoms with Gasteiger partial charge in [-0.15, -0.1) is 0 Å². The number of aliphatic hydroxyl groups is 1. The molecule has 1 rings (SSSR count). The van der Waals surface area contributed by atoms with Crippen molar-refractivity contribution in [2.75, 3.05) is 0 Å². The fraction of sp³-hybridized carbons (Fsp3) is 0.333. The maximum atomic E-state index is 9.24. The third kappa shape index (κ3) is 3.40. The molecule has 1 unspecified atom stereocenters. The molecule has 0 radical (unpaired) electrons. The average molecular weight is 171 g/mol. The molecule has 11 heavy (non-hydrogen) atoms. The molecule has 1 nitrogen and oxygen atoms in total. The topological polar surface area (TPSA) is 20.2 Å². The van der Waals surface area contributed by atoms with Gasteiger partial charge in [-0.1, -0.05) is 41.9 Å². The third-order valence-corrected chi connectivity index (χ3v) is 1.50. The fourth-order valence-electron chi connectivity index (χ4n) is 0.968. The van der Waals surface area contributed by atoms with E-state index in [0.29, 0.717) is 6.42 Å². The third-order valence-electron chi connectivity index (χ3n) is 1.37. The zero-order valence-corrected chi connectivity index (χ0v) is 7.17. The predicted molar refractivity (Wildman–Crippen MR) is 46.6 cm³/mol. The molecule has 1 N–H and O–H groups in total. The van der Waals surface area contributed by atoms with Crippen LogP contribution in [0.25, 0.3) is 0 Å². The minimum Gasteiger partial charge on any atom is -0.375 e. The lowest BCUT2D eigenvalue weighted by atomic mass is 10.1. The minimum absolute atomic E-state index is 0.482. The standard InChI is InChI=1S/C9H11ClO/c1-9(10,11)7-8-5-3-2-4-6-8/h2-6,11H,7H2,1H3. The van der Waals surface area contributed by atoms with Gasteiger partial charge in [0.25, 0.3) is 0 Å². The second kappa shape index (κ2) is 3.24. The van der Waals surface area contributed by atoms with E-state index in [-0.39, 0.29) is 0 Å². The van der Waals surface area contributed by atoms with E-state index in [1.54, 1.807) is 6.92 Å². The molecule has 0 saturated carbocycles. The summed E-state index contributed by atoms with van der Waals surface area (Å²) in [5, 5.41) is 8.11. The average Bonchev–Trinajstić information content (AvgIpc) is 1.85. The van der Waals surface area contributed by atoms with Gasteiger partial charge in [-0.3, -0.25) is 0 Å². The highest BCUT2D eigenvalue weighted by Gasteiger charge is 2.15. The van der Waals surface area contributed by atoms with Crippen molar-refractivity contribution < 1.29 is 5.11 Å². The van der Waals surface area contributed by atoms with Gasteiger partial charge in [0.15, 0.2) is 0 Å². The van der Waals surface area contributed by atoms with Gasteiger partial charge in [-0.25, -0.2) is 0 Å². The molecule has 0 aliphatic carbocycles. The minimum atomic E-state index is -1.12. The molecule has 1 aromatic rings. The first-order chi connectivity index (χ1) is 5.08. The van der Waals surface area contributed by atoms with Crippen molar-refractivity contribution in [1.82, 2.24) is 0 Å². The van der Waals surface area contributed by atoms with Crippen LogP contribution in [0.3, 0.4) is 0 Å². The lowest BCUT2D eigenvalue weighted by Gasteiger charge is -2.13. The predicted octanol–water partition coefficient (Wildman–Crippen LogP) is 2.18. The summed E-state index contributed by atoms with van der Waals surface area (Å²) in [4.78, 5) is 0. The highest BCUT2D eigenvalue weighted by molar-refractivity contribution is 6.22. The number of halogens is 1. The van der Waals surface area contributed by atoms with Gasteiger partial charge in [0, 0.05) is 6.42 Å². The lowest BCUT2D eigenvalue weighted by Crippen LogP contribution is -2.17. The highest BCUT2D eigenvalue weighted by atomic mass is 35.5. The molecule has 0 saturated heterocycles. The second-order valence-electron chi connectivity index (χ2n) is 2.80. The summed E-state index contributed by atoms with van der Waals surface area (Å²) in [6.07, 6.45) is 0.482. The Labute approximate surface area is 71.6 Å². The molecule has 0 aliphatic rings. The largest absolute Gasteiger partial charge is 0.375 e. The van der Waals surface area contributed by atoms with Crippen molar-refractivity contribution in [3.05, 3.63) is 35.9 Å². The summed E-state index contributed by atoms with van der Waals surface area (Å²) < 4.78 is 0. The molecular formula is C9H11ClO. The van der Waals surface area contributed by atoms with E-state index in [9.17, 15) is 5.11 Å². The summed E-state index contributed by atoms with van der Waals surface area (Å²) in [6, 6.07) is 9.68. The Kier molecular flexibility index (Phi) is 2.53. The number of benzene rings is 1. The summed E-state index contributed by atoms with van der Waals surface area (Å²) >= 11 is 5.62. The monoisotopic (exact) mass is 170 g/mol. The van der Waals surface area contributed by atoms with Crippen LogP contribution in [0.4, 0.5) is 0 Å². The zero-order chi connectivity index (χ0) is 8.32. The van der Waals surface area contributed by atoms with E-state index < -0.39 is 5.06 Å². The van der Waals surface area contributed by atoms with E-state index in [1.807, 2.05) is 30.3 Å². The van der Waals surface area contributed by atoms with Crippen molar-refractivity contribution in [2.24, 2.45) is 0 Å². The SMILES string of the molecule is CC(O)(Cl)Cc1ccccc1. The Morgan fingerprint density at radius 3 is 2.36 bits per heavy atom. The Hall–Kier alpha value is -0.530. The maximum absolute atomic E-state index is 9.24. The van der Waals surface area contributed by atoms with Crippen LogP contribution in [0.15, 0.2) is 30.3 Å². The van der Waals surface area contributed by atoms with Gasteiger partial charge < -0.3 is 5.11 Å². The zero-order valence-electron chi connectivity index (χ0n) is 6.42. The molecular weight excluding hydrogens is 160 g/mol. The van der Waals surface area contributed by atoms with Crippen LogP contribution in [-0.4, -0.2) is 10.2 Å². The van der Waals surface area contributed by atoms with Crippen molar-refractivity contribution in [2.45, 2.75) is 18.4 Å². The van der Waals surface area contributed by atoms with Crippen molar-refractivity contribution in [1.29, 1.82) is 0 Å². The molecule has 60 valence electrons. The fourth-order valence-corrected chi connectivity index (χ4v) is 1.12. The molecule has 1 atom stereocenters. The van der Waals surface area contributed by atoms with Gasteiger partial charge in [-0.2, -0.15) is 0 Å². The van der Waals surface area contributed by atoms with Crippen LogP contribution in [0.1, 0.15) is 12.5 Å². The Balaban J connectivity index is 2.66. The van der Waals surface area contributed by atoms with E-state index in [4.69, 9.17) is 11.6 Å². The van der Waals surface area contributed by atoms with Gasteiger partial charge in [0.1, 0.15) is 5.06 Å². The first-order valence-corrected chi connectivity index (χ1v) is 3.91. The van der Waals surface area contributed by atoms with Gasteiger partial charge in [0.2, 0.25) is 0 Å². The quantitative estimate of drug-likeness (QED) is 0.675. The van der Waals surface area contributed by atoms with Crippen molar-refractivity contribution >= 4 is 11.6 Å². The Bertz CT molecular complexity index is 213. The summed E-state index contributed by atoms with van der Waals surface area (Å²) in [5.74, 6) is 0. The second-order valence-corrected chi connectivity index (χ2v) is 3.62. The van der Waals surface area contributed by atoms with Gasteiger partial charge in [0.05, 0.1) is 0 Å². The van der Waals surface area contributed by atoms with Crippen molar-refractivity contribution in [3.63, 3.8) is 0 Å². The Morgan fingerprint density at radius 1 is 1.36 bits per heavy atom. The summed E-state index contributed by atoms with van der Waals surface area (Å²) in [5.41, 5.74) is 1.05. The molecule has 0 bridgehead atoms. The van der Waals surface area contributed by atoms with Gasteiger partial charge >= 0.3 is 0 Å². The van der Waals surface area contributed by atoms with Crippen LogP contribution < -0.4 is 0 Å². The first-order valence-electron chi connectivity index (χ1n) is 3.53. The molecule has 1 aromatic carbocycles. The number of hydrogen-bond donors (Lipinski definition) is 1. The van der Waals surface area contributed by atoms with E-state index >= 15 is 0 Å². The first kappa shape index (κ1) is 8.57. The van der Waals surface area contributed by atoms with Gasteiger partial charge in [-0.05, 0) is 12.5 Å². The summed E-state index contributed by atoms with van der Waals surface area (Å²) in [6.45, 7) is 1.58. The van der Waals surface area contributed by atoms with E-state index in [1.165, 1.54) is 0 Å². The molecule has 0 spiro atoms. The smallest absolute Gasteiger partial charge is 0.139 e. The normalized spacial score (nSPS) is 15.9. The molecule has 0 heterocycles. The van der Waals surface area contributed by atoms with E-state index in [2.05, 4.69) is 0 Å². The Morgan fingerprint density at radius 2 is 1.91 bits per heavy atom. The lowest BCUT2D eigenvalue weighted by molar-refractivity contribution is 0.150. The van der Waals surface area contributed by atoms with Crippen LogP contribution in [0.2, 0.25) is 0 Å². The van der Waals surface area contributed by atoms with E-state index in [0.717, 1.165) is 5.56 Å². The molecule has 0 aromatic heterocycles. The van der Waals surface area contributed by atoms with Crippen LogP contribution in [0.5, 0.6) is 0 Å². The van der Waals surface area contributed by atoms with Crippen molar-refractivity contribution in [3.8, 4) is 0 Å². The molecule has 2 heteroatoms. The van der Waals surface area contributed by atoms with Crippen LogP contribution in [0, 0.1) is 0 Å².